The quantitative estimate of drug-likeness (QED) is 0.542. The molecule has 0 aliphatic carbocycles. The molecule has 1 aliphatic heterocycles. The molecule has 2 aromatic rings. The van der Waals surface area contributed by atoms with E-state index in [0.717, 1.165) is 49.1 Å². The Kier molecular flexibility index (Phi) is 8.35. The summed E-state index contributed by atoms with van der Waals surface area (Å²) in [7, 11) is 3.82. The van der Waals surface area contributed by atoms with Gasteiger partial charge in [0.15, 0.2) is 5.96 Å². The van der Waals surface area contributed by atoms with Gasteiger partial charge in [0, 0.05) is 45.4 Å². The van der Waals surface area contributed by atoms with Crippen LogP contribution in [0.4, 0.5) is 0 Å². The third kappa shape index (κ3) is 7.03. The second kappa shape index (κ2) is 11.2. The van der Waals surface area contributed by atoms with Gasteiger partial charge in [0.2, 0.25) is 0 Å². The van der Waals surface area contributed by atoms with Gasteiger partial charge < -0.3 is 19.7 Å². The van der Waals surface area contributed by atoms with Crippen molar-refractivity contribution in [1.29, 1.82) is 0 Å². The summed E-state index contributed by atoms with van der Waals surface area (Å²) in [5.41, 5.74) is 3.55. The number of halogens is 1. The van der Waals surface area contributed by atoms with E-state index >= 15 is 0 Å². The Morgan fingerprint density at radius 1 is 1.14 bits per heavy atom. The van der Waals surface area contributed by atoms with Gasteiger partial charge in [-0.25, -0.2) is 0 Å². The van der Waals surface area contributed by atoms with Crippen LogP contribution in [0.5, 0.6) is 0 Å². The van der Waals surface area contributed by atoms with Crippen LogP contribution in [0.2, 0.25) is 5.02 Å². The number of hydrogen-bond acceptors (Lipinski definition) is 3. The molecule has 1 saturated heterocycles. The number of nitrogens with one attached hydrogen (secondary N) is 1. The highest BCUT2D eigenvalue weighted by molar-refractivity contribution is 6.30. The molecule has 1 aliphatic rings. The van der Waals surface area contributed by atoms with Crippen LogP contribution in [-0.2, 0) is 29.2 Å². The maximum Gasteiger partial charge on any atom is 0.193 e. The first-order chi connectivity index (χ1) is 14.1. The number of guanidine groups is 1. The summed E-state index contributed by atoms with van der Waals surface area (Å²) >= 11 is 6.08. The number of rotatable bonds is 7. The minimum atomic E-state index is 0.323. The van der Waals surface area contributed by atoms with Crippen molar-refractivity contribution in [2.24, 2.45) is 4.99 Å². The summed E-state index contributed by atoms with van der Waals surface area (Å²) in [6, 6.07) is 16.4. The number of hydrogen-bond donors (Lipinski definition) is 1. The number of aliphatic imine (C=N–C) groups is 1. The lowest BCUT2D eigenvalue weighted by atomic mass is 10.1. The summed E-state index contributed by atoms with van der Waals surface area (Å²) in [5.74, 6) is 0.844. The van der Waals surface area contributed by atoms with Gasteiger partial charge in [-0.1, -0.05) is 48.0 Å². The highest BCUT2D eigenvalue weighted by Gasteiger charge is 2.14. The van der Waals surface area contributed by atoms with E-state index in [2.05, 4.69) is 45.5 Å². The highest BCUT2D eigenvalue weighted by Crippen LogP contribution is 2.14. The zero-order chi connectivity index (χ0) is 20.5. The van der Waals surface area contributed by atoms with Gasteiger partial charge in [-0.2, -0.15) is 0 Å². The molecule has 3 rings (SSSR count). The van der Waals surface area contributed by atoms with Crippen molar-refractivity contribution in [3.63, 3.8) is 0 Å². The molecule has 0 unspecified atom stereocenters. The summed E-state index contributed by atoms with van der Waals surface area (Å²) < 4.78 is 11.4. The van der Waals surface area contributed by atoms with Crippen LogP contribution >= 0.6 is 11.6 Å². The number of nitrogens with zero attached hydrogens (tertiary/aromatic N) is 2. The molecule has 6 heteroatoms. The molecule has 1 N–H and O–H groups in total. The van der Waals surface area contributed by atoms with E-state index in [1.54, 1.807) is 7.05 Å². The third-order valence-corrected chi connectivity index (χ3v) is 5.24. The van der Waals surface area contributed by atoms with Crippen LogP contribution in [0, 0.1) is 0 Å². The Morgan fingerprint density at radius 2 is 1.86 bits per heavy atom. The van der Waals surface area contributed by atoms with Gasteiger partial charge in [-0.3, -0.25) is 4.99 Å². The van der Waals surface area contributed by atoms with E-state index in [0.29, 0.717) is 19.3 Å². The number of ether oxygens (including phenoxy) is 2. The summed E-state index contributed by atoms with van der Waals surface area (Å²) in [4.78, 5) is 6.47. The lowest BCUT2D eigenvalue weighted by Crippen LogP contribution is -2.38. The predicted molar refractivity (Wildman–Crippen MR) is 118 cm³/mol. The van der Waals surface area contributed by atoms with E-state index < -0.39 is 0 Å². The highest BCUT2D eigenvalue weighted by atomic mass is 35.5. The monoisotopic (exact) mass is 415 g/mol. The largest absolute Gasteiger partial charge is 0.381 e. The molecule has 156 valence electrons. The Labute approximate surface area is 178 Å². The second-order valence-electron chi connectivity index (χ2n) is 7.33. The SMILES string of the molecule is CN=C(NCc1ccc(COC2CCOCC2)cc1)N(C)Cc1cccc(Cl)c1. The van der Waals surface area contributed by atoms with E-state index in [1.807, 2.05) is 25.2 Å². The molecule has 0 atom stereocenters. The molecule has 0 radical (unpaired) electrons. The Balaban J connectivity index is 1.46. The Bertz CT molecular complexity index is 789. The molecule has 1 fully saturated rings. The Hall–Kier alpha value is -2.08. The fraction of sp³-hybridized carbons (Fsp3) is 0.435. The topological polar surface area (TPSA) is 46.1 Å². The van der Waals surface area contributed by atoms with Gasteiger partial charge >= 0.3 is 0 Å². The van der Waals surface area contributed by atoms with Gasteiger partial charge in [0.05, 0.1) is 12.7 Å². The molecule has 2 aromatic carbocycles. The minimum Gasteiger partial charge on any atom is -0.381 e. The zero-order valence-electron chi connectivity index (χ0n) is 17.2. The maximum atomic E-state index is 6.08. The van der Waals surface area contributed by atoms with Crippen LogP contribution in [0.15, 0.2) is 53.5 Å². The van der Waals surface area contributed by atoms with Gasteiger partial charge in [0.1, 0.15) is 0 Å². The standard InChI is InChI=1S/C23H30ClN3O2/c1-25-23(27(2)16-20-4-3-5-21(24)14-20)26-15-18-6-8-19(9-7-18)17-29-22-10-12-28-13-11-22/h3-9,14,22H,10-13,15-17H2,1-2H3,(H,25,26). The van der Waals surface area contributed by atoms with Crippen molar-refractivity contribution >= 4 is 17.6 Å². The molecule has 29 heavy (non-hydrogen) atoms. The lowest BCUT2D eigenvalue weighted by molar-refractivity contribution is -0.0390. The van der Waals surface area contributed by atoms with Crippen molar-refractivity contribution in [1.82, 2.24) is 10.2 Å². The van der Waals surface area contributed by atoms with Crippen LogP contribution in [0.25, 0.3) is 0 Å². The Morgan fingerprint density at radius 3 is 2.55 bits per heavy atom. The average molecular weight is 416 g/mol. The minimum absolute atomic E-state index is 0.323. The van der Waals surface area contributed by atoms with Crippen molar-refractivity contribution in [3.8, 4) is 0 Å². The van der Waals surface area contributed by atoms with Crippen LogP contribution < -0.4 is 5.32 Å². The maximum absolute atomic E-state index is 6.08. The van der Waals surface area contributed by atoms with Gasteiger partial charge in [0.25, 0.3) is 0 Å². The van der Waals surface area contributed by atoms with Crippen molar-refractivity contribution in [3.05, 3.63) is 70.2 Å². The molecular weight excluding hydrogens is 386 g/mol. The van der Waals surface area contributed by atoms with Gasteiger partial charge in [-0.05, 0) is 41.7 Å². The van der Waals surface area contributed by atoms with Crippen LogP contribution in [0.1, 0.15) is 29.5 Å². The van der Waals surface area contributed by atoms with E-state index in [4.69, 9.17) is 21.1 Å². The molecule has 1 heterocycles. The summed E-state index contributed by atoms with van der Waals surface area (Å²) in [6.07, 6.45) is 2.30. The van der Waals surface area contributed by atoms with Crippen molar-refractivity contribution < 1.29 is 9.47 Å². The van der Waals surface area contributed by atoms with E-state index in [1.165, 1.54) is 11.1 Å². The second-order valence-corrected chi connectivity index (χ2v) is 7.76. The van der Waals surface area contributed by atoms with Crippen LogP contribution in [-0.4, -0.2) is 44.3 Å². The molecular formula is C23H30ClN3O2. The zero-order valence-corrected chi connectivity index (χ0v) is 18.0. The predicted octanol–water partition coefficient (Wildman–Crippen LogP) is 4.24. The number of benzene rings is 2. The average Bonchev–Trinajstić information content (AvgIpc) is 2.74. The molecule has 0 saturated carbocycles. The fourth-order valence-electron chi connectivity index (χ4n) is 3.36. The molecule has 0 amide bonds. The molecule has 0 bridgehead atoms. The first-order valence-electron chi connectivity index (χ1n) is 10.1. The van der Waals surface area contributed by atoms with E-state index in [9.17, 15) is 0 Å². The fourth-order valence-corrected chi connectivity index (χ4v) is 3.57. The summed E-state index contributed by atoms with van der Waals surface area (Å²) in [5, 5.41) is 4.17. The van der Waals surface area contributed by atoms with E-state index in [-0.39, 0.29) is 0 Å². The lowest BCUT2D eigenvalue weighted by Gasteiger charge is -2.23. The normalized spacial score (nSPS) is 15.3. The third-order valence-electron chi connectivity index (χ3n) is 5.01. The van der Waals surface area contributed by atoms with Crippen molar-refractivity contribution in [2.45, 2.75) is 38.6 Å². The van der Waals surface area contributed by atoms with Crippen LogP contribution in [0.3, 0.4) is 0 Å². The molecule has 5 nitrogen and oxygen atoms in total. The first-order valence-corrected chi connectivity index (χ1v) is 10.4. The van der Waals surface area contributed by atoms with Crippen molar-refractivity contribution in [2.75, 3.05) is 27.3 Å². The molecule has 0 spiro atoms. The summed E-state index contributed by atoms with van der Waals surface area (Å²) in [6.45, 7) is 3.73. The van der Waals surface area contributed by atoms with Gasteiger partial charge in [-0.15, -0.1) is 0 Å². The molecule has 0 aromatic heterocycles. The smallest absolute Gasteiger partial charge is 0.193 e. The first kappa shape index (κ1) is 21.6.